The van der Waals surface area contributed by atoms with E-state index in [1.807, 2.05) is 6.07 Å². The summed E-state index contributed by atoms with van der Waals surface area (Å²) in [5, 5.41) is 15.8. The maximum Gasteiger partial charge on any atom is 0.361 e. The number of nitrogens with zero attached hydrogens (tertiary/aromatic N) is 4. The molecule has 0 unspecified atom stereocenters. The van der Waals surface area contributed by atoms with Crippen LogP contribution >= 0.6 is 11.6 Å². The molecule has 0 aliphatic carbocycles. The third kappa shape index (κ3) is 2.20. The number of hydrogen-bond acceptors (Lipinski definition) is 5. The molecule has 0 aliphatic heterocycles. The van der Waals surface area contributed by atoms with Gasteiger partial charge in [0.25, 0.3) is 0 Å². The first kappa shape index (κ1) is 10.5. The molecule has 0 bridgehead atoms. The SMILES string of the molecule is COC(=O)c1nn(CCC#N)nc1Cl. The van der Waals surface area contributed by atoms with Gasteiger partial charge in [0, 0.05) is 0 Å². The van der Waals surface area contributed by atoms with Gasteiger partial charge in [0.2, 0.25) is 5.69 Å². The van der Waals surface area contributed by atoms with E-state index < -0.39 is 5.97 Å². The Balaban J connectivity index is 2.83. The molecular formula is C7H7ClN4O2. The molecule has 1 aromatic rings. The van der Waals surface area contributed by atoms with Crippen LogP contribution < -0.4 is 0 Å². The van der Waals surface area contributed by atoms with Crippen molar-refractivity contribution in [1.82, 2.24) is 15.0 Å². The minimum Gasteiger partial charge on any atom is -0.464 e. The van der Waals surface area contributed by atoms with Crippen molar-refractivity contribution in [1.29, 1.82) is 5.26 Å². The topological polar surface area (TPSA) is 80.8 Å². The van der Waals surface area contributed by atoms with E-state index in [4.69, 9.17) is 16.9 Å². The summed E-state index contributed by atoms with van der Waals surface area (Å²) < 4.78 is 4.43. The summed E-state index contributed by atoms with van der Waals surface area (Å²) in [5.74, 6) is -0.641. The Kier molecular flexibility index (Phi) is 3.42. The summed E-state index contributed by atoms with van der Waals surface area (Å²) in [6.07, 6.45) is 0.256. The second kappa shape index (κ2) is 4.58. The van der Waals surface area contributed by atoms with Gasteiger partial charge in [-0.3, -0.25) is 0 Å². The van der Waals surface area contributed by atoms with E-state index in [1.54, 1.807) is 0 Å². The van der Waals surface area contributed by atoms with Crippen molar-refractivity contribution in [3.8, 4) is 6.07 Å². The summed E-state index contributed by atoms with van der Waals surface area (Å²) in [6.45, 7) is 0.299. The van der Waals surface area contributed by atoms with Gasteiger partial charge < -0.3 is 4.74 Å². The first-order valence-corrected chi connectivity index (χ1v) is 4.12. The Hall–Kier alpha value is -1.61. The predicted molar refractivity (Wildman–Crippen MR) is 46.6 cm³/mol. The normalized spacial score (nSPS) is 9.50. The monoisotopic (exact) mass is 214 g/mol. The molecule has 1 rings (SSSR count). The summed E-state index contributed by atoms with van der Waals surface area (Å²) in [5.41, 5.74) is -0.0351. The predicted octanol–water partition coefficient (Wildman–Crippen LogP) is 0.632. The lowest BCUT2D eigenvalue weighted by Gasteiger charge is -1.92. The van der Waals surface area contributed by atoms with Crippen LogP contribution in [0.25, 0.3) is 0 Å². The molecule has 0 aliphatic rings. The van der Waals surface area contributed by atoms with Crippen molar-refractivity contribution in [3.05, 3.63) is 10.8 Å². The van der Waals surface area contributed by atoms with Gasteiger partial charge in [0.05, 0.1) is 26.1 Å². The van der Waals surface area contributed by atoms with Crippen molar-refractivity contribution >= 4 is 17.6 Å². The molecule has 0 radical (unpaired) electrons. The molecule has 1 aromatic heterocycles. The van der Waals surface area contributed by atoms with Crippen molar-refractivity contribution in [2.45, 2.75) is 13.0 Å². The molecule has 0 spiro atoms. The molecule has 14 heavy (non-hydrogen) atoms. The van der Waals surface area contributed by atoms with E-state index in [0.29, 0.717) is 6.54 Å². The lowest BCUT2D eigenvalue weighted by Crippen LogP contribution is -2.06. The number of carbonyl (C=O) groups excluding carboxylic acids is 1. The van der Waals surface area contributed by atoms with Crippen molar-refractivity contribution in [3.63, 3.8) is 0 Å². The van der Waals surface area contributed by atoms with Crippen LogP contribution in [-0.2, 0) is 11.3 Å². The smallest absolute Gasteiger partial charge is 0.361 e. The molecule has 0 fully saturated rings. The van der Waals surface area contributed by atoms with Gasteiger partial charge in [-0.2, -0.15) is 10.1 Å². The number of rotatable bonds is 3. The average Bonchev–Trinajstić information content (AvgIpc) is 2.55. The van der Waals surface area contributed by atoms with Crippen molar-refractivity contribution in [2.24, 2.45) is 0 Å². The number of aromatic nitrogens is 3. The maximum atomic E-state index is 11.0. The lowest BCUT2D eigenvalue weighted by molar-refractivity contribution is 0.0593. The quantitative estimate of drug-likeness (QED) is 0.690. The number of ether oxygens (including phenoxy) is 1. The molecule has 6 nitrogen and oxygen atoms in total. The standard InChI is InChI=1S/C7H7ClN4O2/c1-14-7(13)5-6(8)11-12(10-5)4-2-3-9/h2,4H2,1H3. The molecule has 1 heterocycles. The number of hydrogen-bond donors (Lipinski definition) is 0. The highest BCUT2D eigenvalue weighted by Crippen LogP contribution is 2.10. The molecule has 0 aromatic carbocycles. The molecule has 0 saturated carbocycles. The number of esters is 1. The highest BCUT2D eigenvalue weighted by molar-refractivity contribution is 6.32. The zero-order chi connectivity index (χ0) is 10.6. The number of methoxy groups -OCH3 is 1. The van der Waals surface area contributed by atoms with Gasteiger partial charge in [-0.15, -0.1) is 10.2 Å². The largest absolute Gasteiger partial charge is 0.464 e. The third-order valence-corrected chi connectivity index (χ3v) is 1.67. The van der Waals surface area contributed by atoms with Gasteiger partial charge in [-0.05, 0) is 0 Å². The van der Waals surface area contributed by atoms with Crippen molar-refractivity contribution in [2.75, 3.05) is 7.11 Å². The van der Waals surface area contributed by atoms with Crippen LogP contribution in [0.1, 0.15) is 16.9 Å². The van der Waals surface area contributed by atoms with E-state index >= 15 is 0 Å². The zero-order valence-electron chi connectivity index (χ0n) is 7.40. The Morgan fingerprint density at radius 3 is 3.00 bits per heavy atom. The average molecular weight is 215 g/mol. The fraction of sp³-hybridized carbons (Fsp3) is 0.429. The minimum atomic E-state index is -0.641. The molecular weight excluding hydrogens is 208 g/mol. The maximum absolute atomic E-state index is 11.0. The van der Waals surface area contributed by atoms with Crippen LogP contribution in [-0.4, -0.2) is 28.1 Å². The summed E-state index contributed by atoms with van der Waals surface area (Å²) in [7, 11) is 1.23. The molecule has 0 N–H and O–H groups in total. The van der Waals surface area contributed by atoms with Gasteiger partial charge in [-0.25, -0.2) is 4.79 Å². The van der Waals surface area contributed by atoms with Gasteiger partial charge >= 0.3 is 5.97 Å². The first-order valence-electron chi connectivity index (χ1n) is 3.75. The van der Waals surface area contributed by atoms with E-state index in [-0.39, 0.29) is 17.3 Å². The number of carbonyl (C=O) groups is 1. The lowest BCUT2D eigenvalue weighted by atomic mass is 10.5. The number of nitriles is 1. The van der Waals surface area contributed by atoms with Crippen LogP contribution in [0.2, 0.25) is 5.15 Å². The Labute approximate surface area is 85.0 Å². The van der Waals surface area contributed by atoms with Crippen LogP contribution in [0.5, 0.6) is 0 Å². The van der Waals surface area contributed by atoms with E-state index in [9.17, 15) is 4.79 Å². The van der Waals surface area contributed by atoms with Crippen LogP contribution in [0.4, 0.5) is 0 Å². The van der Waals surface area contributed by atoms with Gasteiger partial charge in [-0.1, -0.05) is 11.6 Å². The molecule has 74 valence electrons. The highest BCUT2D eigenvalue weighted by atomic mass is 35.5. The molecule has 0 amide bonds. The fourth-order valence-corrected chi connectivity index (χ4v) is 1.00. The Morgan fingerprint density at radius 2 is 2.43 bits per heavy atom. The van der Waals surface area contributed by atoms with Gasteiger partial charge in [0.1, 0.15) is 0 Å². The van der Waals surface area contributed by atoms with Gasteiger partial charge in [0.15, 0.2) is 5.15 Å². The molecule has 7 heteroatoms. The second-order valence-electron chi connectivity index (χ2n) is 2.34. The first-order chi connectivity index (χ1) is 6.69. The van der Waals surface area contributed by atoms with Crippen LogP contribution in [0.15, 0.2) is 0 Å². The van der Waals surface area contributed by atoms with Crippen LogP contribution in [0.3, 0.4) is 0 Å². The summed E-state index contributed by atoms with van der Waals surface area (Å²) in [6, 6.07) is 1.93. The highest BCUT2D eigenvalue weighted by Gasteiger charge is 2.17. The minimum absolute atomic E-state index is 0.0187. The van der Waals surface area contributed by atoms with E-state index in [1.165, 1.54) is 11.9 Å². The third-order valence-electron chi connectivity index (χ3n) is 1.42. The van der Waals surface area contributed by atoms with E-state index in [2.05, 4.69) is 14.9 Å². The Morgan fingerprint density at radius 1 is 1.71 bits per heavy atom. The Bertz CT molecular complexity index is 382. The summed E-state index contributed by atoms with van der Waals surface area (Å²) >= 11 is 5.62. The second-order valence-corrected chi connectivity index (χ2v) is 2.69. The number of aryl methyl sites for hydroxylation is 1. The zero-order valence-corrected chi connectivity index (χ0v) is 8.15. The fourth-order valence-electron chi connectivity index (χ4n) is 0.799. The molecule has 0 saturated heterocycles. The number of halogens is 1. The van der Waals surface area contributed by atoms with Crippen molar-refractivity contribution < 1.29 is 9.53 Å². The van der Waals surface area contributed by atoms with Crippen LogP contribution in [0, 0.1) is 11.3 Å². The van der Waals surface area contributed by atoms with E-state index in [0.717, 1.165) is 0 Å². The molecule has 0 atom stereocenters. The summed E-state index contributed by atoms with van der Waals surface area (Å²) in [4.78, 5) is 12.2.